The molecule has 0 fully saturated rings. The summed E-state index contributed by atoms with van der Waals surface area (Å²) < 4.78 is 5.72. The van der Waals surface area contributed by atoms with E-state index in [0.717, 1.165) is 11.8 Å². The maximum absolute atomic E-state index is 11.4. The predicted octanol–water partition coefficient (Wildman–Crippen LogP) is 3.43. The molecule has 0 bridgehead atoms. The molecule has 1 aromatic heterocycles. The molecule has 0 radical (unpaired) electrons. The molecule has 0 unspecified atom stereocenters. The van der Waals surface area contributed by atoms with Crippen LogP contribution in [0.3, 0.4) is 0 Å². The lowest BCUT2D eigenvalue weighted by molar-refractivity contribution is 0.112. The third kappa shape index (κ3) is 3.55. The van der Waals surface area contributed by atoms with Crippen LogP contribution in [-0.4, -0.2) is 11.3 Å². The van der Waals surface area contributed by atoms with Gasteiger partial charge >= 0.3 is 0 Å². The van der Waals surface area contributed by atoms with E-state index in [-0.39, 0.29) is 5.56 Å². The molecule has 2 aromatic carbocycles. The zero-order valence-corrected chi connectivity index (χ0v) is 12.4. The van der Waals surface area contributed by atoms with Crippen molar-refractivity contribution >= 4 is 6.29 Å². The molecule has 4 nitrogen and oxygen atoms in total. The number of hydrogen-bond donors (Lipinski definition) is 1. The van der Waals surface area contributed by atoms with Gasteiger partial charge in [0, 0.05) is 22.9 Å². The average molecular weight is 305 g/mol. The Bertz CT molecular complexity index is 869. The van der Waals surface area contributed by atoms with Crippen molar-refractivity contribution in [1.29, 1.82) is 0 Å². The topological polar surface area (TPSA) is 59.2 Å². The molecule has 3 rings (SSSR count). The third-order valence-corrected chi connectivity index (χ3v) is 3.46. The Kier molecular flexibility index (Phi) is 4.34. The van der Waals surface area contributed by atoms with Gasteiger partial charge in [-0.05, 0) is 29.8 Å². The zero-order chi connectivity index (χ0) is 16.1. The molecule has 1 N–H and O–H groups in total. The van der Waals surface area contributed by atoms with Crippen molar-refractivity contribution in [2.45, 2.75) is 6.61 Å². The van der Waals surface area contributed by atoms with Gasteiger partial charge in [-0.3, -0.25) is 9.59 Å². The summed E-state index contributed by atoms with van der Waals surface area (Å²) in [7, 11) is 0. The number of hydrogen-bond acceptors (Lipinski definition) is 3. The minimum absolute atomic E-state index is 0.205. The van der Waals surface area contributed by atoms with Crippen molar-refractivity contribution < 1.29 is 9.53 Å². The highest BCUT2D eigenvalue weighted by molar-refractivity contribution is 5.87. The number of aldehydes is 1. The highest BCUT2D eigenvalue weighted by Gasteiger charge is 2.07. The molecule has 0 amide bonds. The minimum Gasteiger partial charge on any atom is -0.489 e. The van der Waals surface area contributed by atoms with Gasteiger partial charge in [-0.15, -0.1) is 0 Å². The lowest BCUT2D eigenvalue weighted by Crippen LogP contribution is -2.04. The molecule has 0 saturated heterocycles. The number of pyridine rings is 1. The van der Waals surface area contributed by atoms with Gasteiger partial charge in [0.2, 0.25) is 5.56 Å². The van der Waals surface area contributed by atoms with Gasteiger partial charge in [0.15, 0.2) is 6.29 Å². The fraction of sp³-hybridized carbons (Fsp3) is 0.0526. The Balaban J connectivity index is 1.85. The van der Waals surface area contributed by atoms with Gasteiger partial charge < -0.3 is 9.72 Å². The summed E-state index contributed by atoms with van der Waals surface area (Å²) >= 11 is 0. The van der Waals surface area contributed by atoms with Crippen LogP contribution in [0.25, 0.3) is 11.3 Å². The number of H-pyrrole nitrogens is 1. The number of rotatable bonds is 5. The fourth-order valence-electron chi connectivity index (χ4n) is 2.32. The molecule has 23 heavy (non-hydrogen) atoms. The van der Waals surface area contributed by atoms with Crippen LogP contribution in [-0.2, 0) is 6.61 Å². The second-order valence-corrected chi connectivity index (χ2v) is 5.07. The number of nitrogens with one attached hydrogen (secondary N) is 1. The number of benzene rings is 2. The third-order valence-electron chi connectivity index (χ3n) is 3.46. The van der Waals surface area contributed by atoms with Crippen molar-refractivity contribution in [3.8, 4) is 17.0 Å². The number of aromatic nitrogens is 1. The predicted molar refractivity (Wildman–Crippen MR) is 88.7 cm³/mol. The zero-order valence-electron chi connectivity index (χ0n) is 12.4. The summed E-state index contributed by atoms with van der Waals surface area (Å²) in [6, 6.07) is 19.9. The first-order valence-corrected chi connectivity index (χ1v) is 7.22. The SMILES string of the molecule is O=Cc1cc(OCc2ccccc2)ccc1-c1cccc(=O)[nH]1. The molecule has 1 heterocycles. The maximum atomic E-state index is 11.4. The molecule has 0 aliphatic rings. The summed E-state index contributed by atoms with van der Waals surface area (Å²) in [5.74, 6) is 0.609. The molecule has 0 saturated carbocycles. The molecule has 3 aromatic rings. The number of ether oxygens (including phenoxy) is 1. The molecule has 0 spiro atoms. The van der Waals surface area contributed by atoms with Crippen molar-refractivity contribution in [3.63, 3.8) is 0 Å². The van der Waals surface area contributed by atoms with Crippen LogP contribution in [0, 0.1) is 0 Å². The van der Waals surface area contributed by atoms with Gasteiger partial charge in [0.25, 0.3) is 0 Å². The monoisotopic (exact) mass is 305 g/mol. The Morgan fingerprint density at radius 1 is 0.957 bits per heavy atom. The first-order chi connectivity index (χ1) is 11.3. The van der Waals surface area contributed by atoms with Crippen LogP contribution in [0.1, 0.15) is 15.9 Å². The van der Waals surface area contributed by atoms with Crippen molar-refractivity contribution in [2.75, 3.05) is 0 Å². The molecular formula is C19H15NO3. The Morgan fingerprint density at radius 2 is 1.78 bits per heavy atom. The summed E-state index contributed by atoms with van der Waals surface area (Å²) in [6.07, 6.45) is 0.760. The second kappa shape index (κ2) is 6.75. The molecule has 0 atom stereocenters. The van der Waals surface area contributed by atoms with Crippen LogP contribution in [0.2, 0.25) is 0 Å². The second-order valence-electron chi connectivity index (χ2n) is 5.07. The number of aromatic amines is 1. The Hall–Kier alpha value is -3.14. The fourth-order valence-corrected chi connectivity index (χ4v) is 2.32. The van der Waals surface area contributed by atoms with Crippen molar-refractivity contribution in [3.05, 3.63) is 88.2 Å². The maximum Gasteiger partial charge on any atom is 0.248 e. The van der Waals surface area contributed by atoms with E-state index in [2.05, 4.69) is 4.98 Å². The number of carbonyl (C=O) groups is 1. The summed E-state index contributed by atoms with van der Waals surface area (Å²) in [6.45, 7) is 0.431. The van der Waals surface area contributed by atoms with E-state index in [4.69, 9.17) is 4.74 Å². The largest absolute Gasteiger partial charge is 0.489 e. The first kappa shape index (κ1) is 14.8. The molecular weight excluding hydrogens is 290 g/mol. The molecule has 0 aliphatic carbocycles. The average Bonchev–Trinajstić information content (AvgIpc) is 2.60. The quantitative estimate of drug-likeness (QED) is 0.735. The van der Waals surface area contributed by atoms with Crippen molar-refractivity contribution in [1.82, 2.24) is 4.98 Å². The van der Waals surface area contributed by atoms with Crippen LogP contribution in [0.15, 0.2) is 71.5 Å². The van der Waals surface area contributed by atoms with Crippen LogP contribution in [0.4, 0.5) is 0 Å². The van der Waals surface area contributed by atoms with E-state index in [1.165, 1.54) is 6.07 Å². The smallest absolute Gasteiger partial charge is 0.248 e. The van der Waals surface area contributed by atoms with Gasteiger partial charge in [-0.2, -0.15) is 0 Å². The highest BCUT2D eigenvalue weighted by Crippen LogP contribution is 2.25. The minimum atomic E-state index is -0.205. The highest BCUT2D eigenvalue weighted by atomic mass is 16.5. The summed E-state index contributed by atoms with van der Waals surface area (Å²) in [5.41, 5.74) is 2.59. The molecule has 114 valence electrons. The van der Waals surface area contributed by atoms with E-state index in [1.54, 1.807) is 30.3 Å². The summed E-state index contributed by atoms with van der Waals surface area (Å²) in [5, 5.41) is 0. The lowest BCUT2D eigenvalue weighted by atomic mass is 10.0. The van der Waals surface area contributed by atoms with E-state index in [9.17, 15) is 9.59 Å². The van der Waals surface area contributed by atoms with Gasteiger partial charge in [-0.1, -0.05) is 36.4 Å². The van der Waals surface area contributed by atoms with Gasteiger partial charge in [0.05, 0.1) is 0 Å². The molecule has 0 aliphatic heterocycles. The van der Waals surface area contributed by atoms with E-state index in [0.29, 0.717) is 29.2 Å². The Labute approximate surface area is 133 Å². The van der Waals surface area contributed by atoms with Crippen LogP contribution in [0.5, 0.6) is 5.75 Å². The van der Waals surface area contributed by atoms with E-state index in [1.807, 2.05) is 30.3 Å². The van der Waals surface area contributed by atoms with Crippen LogP contribution >= 0.6 is 0 Å². The van der Waals surface area contributed by atoms with Gasteiger partial charge in [-0.25, -0.2) is 0 Å². The first-order valence-electron chi connectivity index (χ1n) is 7.22. The van der Waals surface area contributed by atoms with E-state index < -0.39 is 0 Å². The summed E-state index contributed by atoms with van der Waals surface area (Å²) in [4.78, 5) is 25.5. The van der Waals surface area contributed by atoms with Crippen LogP contribution < -0.4 is 10.3 Å². The number of carbonyl (C=O) groups excluding carboxylic acids is 1. The Morgan fingerprint density at radius 3 is 2.52 bits per heavy atom. The van der Waals surface area contributed by atoms with Crippen molar-refractivity contribution in [2.24, 2.45) is 0 Å². The molecule has 4 heteroatoms. The lowest BCUT2D eigenvalue weighted by Gasteiger charge is -2.10. The normalized spacial score (nSPS) is 10.3. The van der Waals surface area contributed by atoms with E-state index >= 15 is 0 Å². The standard InChI is InChI=1S/C19H15NO3/c21-12-15-11-16(23-13-14-5-2-1-3-6-14)9-10-17(15)18-7-4-8-19(22)20-18/h1-12H,13H2,(H,20,22). The van der Waals surface area contributed by atoms with Gasteiger partial charge in [0.1, 0.15) is 12.4 Å².